The Labute approximate surface area is 119 Å². The van der Waals surface area contributed by atoms with E-state index in [1.54, 1.807) is 24.3 Å². The van der Waals surface area contributed by atoms with Crippen LogP contribution < -0.4 is 9.47 Å². The first-order valence-electron chi connectivity index (χ1n) is 6.52. The topological polar surface area (TPSA) is 42.2 Å². The van der Waals surface area contributed by atoms with Gasteiger partial charge in [0.2, 0.25) is 0 Å². The summed E-state index contributed by atoms with van der Waals surface area (Å²) in [7, 11) is 0. The molecule has 3 nitrogen and oxygen atoms in total. The van der Waals surface area contributed by atoms with Crippen molar-refractivity contribution in [3.8, 4) is 17.6 Å². The molecule has 3 heteroatoms. The fourth-order valence-electron chi connectivity index (χ4n) is 1.80. The van der Waals surface area contributed by atoms with Gasteiger partial charge in [0.25, 0.3) is 0 Å². The molecule has 0 bridgehead atoms. The Balaban J connectivity index is 1.81. The Bertz CT molecular complexity index is 612. The average Bonchev–Trinajstić information content (AvgIpc) is 2.47. The van der Waals surface area contributed by atoms with E-state index in [2.05, 4.69) is 12.1 Å². The van der Waals surface area contributed by atoms with E-state index in [9.17, 15) is 0 Å². The monoisotopic (exact) mass is 267 g/mol. The Hall–Kier alpha value is -2.47. The van der Waals surface area contributed by atoms with Crippen LogP contribution in [0, 0.1) is 25.2 Å². The standard InChI is InChI=1S/C17H17NO2/c1-13-3-4-14(2)17(11-13)20-10-9-19-16-7-5-15(12-18)6-8-16/h3-8,11H,9-10H2,1-2H3. The number of ether oxygens (including phenoxy) is 2. The molecule has 0 aromatic heterocycles. The minimum Gasteiger partial charge on any atom is -0.490 e. The first-order valence-corrected chi connectivity index (χ1v) is 6.52. The Morgan fingerprint density at radius 2 is 1.65 bits per heavy atom. The van der Waals surface area contributed by atoms with Gasteiger partial charge in [-0.15, -0.1) is 0 Å². The molecule has 0 heterocycles. The SMILES string of the molecule is Cc1ccc(C)c(OCCOc2ccc(C#N)cc2)c1. The highest BCUT2D eigenvalue weighted by Crippen LogP contribution is 2.19. The molecule has 0 aliphatic rings. The van der Waals surface area contributed by atoms with Gasteiger partial charge in [0.15, 0.2) is 0 Å². The third kappa shape index (κ3) is 3.76. The van der Waals surface area contributed by atoms with E-state index in [0.717, 1.165) is 17.1 Å². The predicted molar refractivity (Wildman–Crippen MR) is 78.1 cm³/mol. The van der Waals surface area contributed by atoms with Gasteiger partial charge in [-0.25, -0.2) is 0 Å². The zero-order valence-electron chi connectivity index (χ0n) is 11.7. The maximum Gasteiger partial charge on any atom is 0.122 e. The lowest BCUT2D eigenvalue weighted by Crippen LogP contribution is -2.09. The summed E-state index contributed by atoms with van der Waals surface area (Å²) in [5.74, 6) is 1.64. The number of aryl methyl sites for hydroxylation is 2. The van der Waals surface area contributed by atoms with Crippen molar-refractivity contribution < 1.29 is 9.47 Å². The summed E-state index contributed by atoms with van der Waals surface area (Å²) in [6, 6.07) is 15.3. The van der Waals surface area contributed by atoms with Crippen LogP contribution >= 0.6 is 0 Å². The van der Waals surface area contributed by atoms with E-state index in [0.29, 0.717) is 18.8 Å². The number of nitrogens with zero attached hydrogens (tertiary/aromatic N) is 1. The van der Waals surface area contributed by atoms with Crippen LogP contribution in [-0.4, -0.2) is 13.2 Å². The largest absolute Gasteiger partial charge is 0.490 e. The van der Waals surface area contributed by atoms with Gasteiger partial charge in [-0.2, -0.15) is 5.26 Å². The van der Waals surface area contributed by atoms with Crippen LogP contribution in [0.25, 0.3) is 0 Å². The van der Waals surface area contributed by atoms with Crippen molar-refractivity contribution in [2.45, 2.75) is 13.8 Å². The molecule has 0 amide bonds. The van der Waals surface area contributed by atoms with Crippen molar-refractivity contribution in [1.29, 1.82) is 5.26 Å². The lowest BCUT2D eigenvalue weighted by atomic mass is 10.1. The summed E-state index contributed by atoms with van der Waals surface area (Å²) in [5, 5.41) is 8.71. The highest BCUT2D eigenvalue weighted by molar-refractivity contribution is 5.36. The lowest BCUT2D eigenvalue weighted by molar-refractivity contribution is 0.216. The molecule has 2 aromatic carbocycles. The van der Waals surface area contributed by atoms with Crippen LogP contribution in [0.4, 0.5) is 0 Å². The maximum atomic E-state index is 8.71. The van der Waals surface area contributed by atoms with Crippen LogP contribution in [0.15, 0.2) is 42.5 Å². The number of nitriles is 1. The first kappa shape index (κ1) is 14.0. The predicted octanol–water partition coefficient (Wildman–Crippen LogP) is 3.63. The molecule has 20 heavy (non-hydrogen) atoms. The molecule has 0 fully saturated rings. The van der Waals surface area contributed by atoms with E-state index in [-0.39, 0.29) is 0 Å². The number of rotatable bonds is 5. The second kappa shape index (κ2) is 6.63. The van der Waals surface area contributed by atoms with Gasteiger partial charge < -0.3 is 9.47 Å². The summed E-state index contributed by atoms with van der Waals surface area (Å²) < 4.78 is 11.3. The van der Waals surface area contributed by atoms with Crippen LogP contribution in [-0.2, 0) is 0 Å². The summed E-state index contributed by atoms with van der Waals surface area (Å²) in [4.78, 5) is 0. The second-order valence-electron chi connectivity index (χ2n) is 4.60. The number of hydrogen-bond acceptors (Lipinski definition) is 3. The minimum absolute atomic E-state index is 0.472. The van der Waals surface area contributed by atoms with E-state index in [1.807, 2.05) is 26.0 Å². The summed E-state index contributed by atoms with van der Waals surface area (Å²) in [5.41, 5.74) is 2.93. The molecular formula is C17H17NO2. The van der Waals surface area contributed by atoms with Crippen molar-refractivity contribution in [3.63, 3.8) is 0 Å². The van der Waals surface area contributed by atoms with Crippen LogP contribution in [0.1, 0.15) is 16.7 Å². The van der Waals surface area contributed by atoms with Gasteiger partial charge in [-0.3, -0.25) is 0 Å². The molecule has 0 N–H and O–H groups in total. The molecule has 0 saturated carbocycles. The minimum atomic E-state index is 0.472. The van der Waals surface area contributed by atoms with Gasteiger partial charge in [0, 0.05) is 0 Å². The first-order chi connectivity index (χ1) is 9.69. The molecule has 0 aliphatic heterocycles. The van der Waals surface area contributed by atoms with Gasteiger partial charge in [0.05, 0.1) is 11.6 Å². The zero-order chi connectivity index (χ0) is 14.4. The van der Waals surface area contributed by atoms with E-state index in [4.69, 9.17) is 14.7 Å². The molecular weight excluding hydrogens is 250 g/mol. The van der Waals surface area contributed by atoms with E-state index >= 15 is 0 Å². The smallest absolute Gasteiger partial charge is 0.122 e. The van der Waals surface area contributed by atoms with Crippen LogP contribution in [0.3, 0.4) is 0 Å². The maximum absolute atomic E-state index is 8.71. The zero-order valence-corrected chi connectivity index (χ0v) is 11.7. The lowest BCUT2D eigenvalue weighted by Gasteiger charge is -2.11. The van der Waals surface area contributed by atoms with Crippen LogP contribution in [0.2, 0.25) is 0 Å². The third-order valence-electron chi connectivity index (χ3n) is 2.94. The van der Waals surface area contributed by atoms with Gasteiger partial charge >= 0.3 is 0 Å². The molecule has 2 rings (SSSR count). The molecule has 0 aliphatic carbocycles. The summed E-state index contributed by atoms with van der Waals surface area (Å²) >= 11 is 0. The molecule has 0 atom stereocenters. The highest BCUT2D eigenvalue weighted by atomic mass is 16.5. The van der Waals surface area contributed by atoms with Gasteiger partial charge in [-0.1, -0.05) is 12.1 Å². The summed E-state index contributed by atoms with van der Waals surface area (Å²) in [6.07, 6.45) is 0. The molecule has 0 radical (unpaired) electrons. The van der Waals surface area contributed by atoms with Crippen molar-refractivity contribution in [2.24, 2.45) is 0 Å². The quantitative estimate of drug-likeness (QED) is 0.777. The Kier molecular flexibility index (Phi) is 4.62. The van der Waals surface area contributed by atoms with E-state index < -0.39 is 0 Å². The molecule has 0 saturated heterocycles. The third-order valence-corrected chi connectivity index (χ3v) is 2.94. The average molecular weight is 267 g/mol. The fourth-order valence-corrected chi connectivity index (χ4v) is 1.80. The van der Waals surface area contributed by atoms with Crippen LogP contribution in [0.5, 0.6) is 11.5 Å². The number of hydrogen-bond donors (Lipinski definition) is 0. The van der Waals surface area contributed by atoms with E-state index in [1.165, 1.54) is 5.56 Å². The van der Waals surface area contributed by atoms with Crippen molar-refractivity contribution in [3.05, 3.63) is 59.2 Å². The molecule has 2 aromatic rings. The fraction of sp³-hybridized carbons (Fsp3) is 0.235. The van der Waals surface area contributed by atoms with Crippen molar-refractivity contribution in [1.82, 2.24) is 0 Å². The second-order valence-corrected chi connectivity index (χ2v) is 4.60. The van der Waals surface area contributed by atoms with Gasteiger partial charge in [0.1, 0.15) is 24.7 Å². The highest BCUT2D eigenvalue weighted by Gasteiger charge is 2.00. The van der Waals surface area contributed by atoms with Crippen molar-refractivity contribution in [2.75, 3.05) is 13.2 Å². The van der Waals surface area contributed by atoms with Crippen molar-refractivity contribution >= 4 is 0 Å². The van der Waals surface area contributed by atoms with Gasteiger partial charge in [-0.05, 0) is 55.3 Å². The Morgan fingerprint density at radius 1 is 0.950 bits per heavy atom. The summed E-state index contributed by atoms with van der Waals surface area (Å²) in [6.45, 7) is 5.03. The molecule has 0 unspecified atom stereocenters. The number of benzene rings is 2. The normalized spacial score (nSPS) is 9.85. The molecule has 102 valence electrons. The Morgan fingerprint density at radius 3 is 2.35 bits per heavy atom. The molecule has 0 spiro atoms.